The Hall–Kier alpha value is -0.0800. The fraction of sp³-hybridized carbons (Fsp3) is 1.00. The first-order chi connectivity index (χ1) is 3.64. The van der Waals surface area contributed by atoms with E-state index in [1.54, 1.807) is 0 Å². The number of rotatable bonds is 1. The molecular weight excluding hydrogens is 100 g/mol. The van der Waals surface area contributed by atoms with Crippen LogP contribution in [0.1, 0.15) is 26.2 Å². The number of nitrogens with two attached hydrogens (primary N) is 2. The fourth-order valence-corrected chi connectivity index (χ4v) is 1.30. The average molecular weight is 114 g/mol. The van der Waals surface area contributed by atoms with Crippen molar-refractivity contribution >= 4 is 0 Å². The van der Waals surface area contributed by atoms with Crippen LogP contribution in [0, 0.1) is 5.92 Å². The summed E-state index contributed by atoms with van der Waals surface area (Å²) in [6.45, 7) is 2.18. The van der Waals surface area contributed by atoms with Crippen molar-refractivity contribution in [2.24, 2.45) is 17.4 Å². The lowest BCUT2D eigenvalue weighted by Gasteiger charge is -2.41. The molecule has 0 amide bonds. The maximum absolute atomic E-state index is 5.57. The van der Waals surface area contributed by atoms with Crippen LogP contribution >= 0.6 is 0 Å². The van der Waals surface area contributed by atoms with Crippen LogP contribution in [-0.4, -0.2) is 5.66 Å². The van der Waals surface area contributed by atoms with Gasteiger partial charge in [0, 0.05) is 0 Å². The Labute approximate surface area is 50.2 Å². The zero-order valence-electron chi connectivity index (χ0n) is 5.35. The summed E-state index contributed by atoms with van der Waals surface area (Å²) in [6, 6.07) is 0. The van der Waals surface area contributed by atoms with E-state index < -0.39 is 0 Å². The second-order valence-corrected chi connectivity index (χ2v) is 2.92. The quantitative estimate of drug-likeness (QED) is 0.485. The molecule has 4 N–H and O–H groups in total. The first-order valence-electron chi connectivity index (χ1n) is 3.22. The summed E-state index contributed by atoms with van der Waals surface area (Å²) in [6.07, 6.45) is 3.27. The van der Waals surface area contributed by atoms with Gasteiger partial charge in [0.05, 0.1) is 5.66 Å². The molecule has 0 aromatic rings. The number of hydrogen-bond acceptors (Lipinski definition) is 2. The van der Waals surface area contributed by atoms with Gasteiger partial charge in [0.1, 0.15) is 0 Å². The summed E-state index contributed by atoms with van der Waals surface area (Å²) in [5.41, 5.74) is 10.8. The standard InChI is InChI=1S/C6H14N2/c1-2-5-3-6(7,8)4-5/h5H,2-4,7-8H2,1H3. The van der Waals surface area contributed by atoms with Gasteiger partial charge in [-0.1, -0.05) is 13.3 Å². The highest BCUT2D eigenvalue weighted by Gasteiger charge is 2.35. The summed E-state index contributed by atoms with van der Waals surface area (Å²) in [7, 11) is 0. The molecule has 0 unspecified atom stereocenters. The van der Waals surface area contributed by atoms with Crippen molar-refractivity contribution < 1.29 is 0 Å². The molecule has 0 radical (unpaired) electrons. The second kappa shape index (κ2) is 1.71. The lowest BCUT2D eigenvalue weighted by Crippen LogP contribution is -2.59. The van der Waals surface area contributed by atoms with Crippen molar-refractivity contribution in [2.75, 3.05) is 0 Å². The van der Waals surface area contributed by atoms with E-state index in [4.69, 9.17) is 11.5 Å². The van der Waals surface area contributed by atoms with Crippen molar-refractivity contribution in [3.05, 3.63) is 0 Å². The summed E-state index contributed by atoms with van der Waals surface area (Å²) >= 11 is 0. The molecule has 1 saturated carbocycles. The van der Waals surface area contributed by atoms with Gasteiger partial charge in [0.2, 0.25) is 0 Å². The summed E-state index contributed by atoms with van der Waals surface area (Å²) in [5, 5.41) is 0. The van der Waals surface area contributed by atoms with Gasteiger partial charge in [-0.2, -0.15) is 0 Å². The highest BCUT2D eigenvalue weighted by molar-refractivity contribution is 4.92. The number of hydrogen-bond donors (Lipinski definition) is 2. The molecule has 1 fully saturated rings. The predicted octanol–water partition coefficient (Wildman–Crippen LogP) is 0.420. The Bertz CT molecular complexity index is 80.5. The highest BCUT2D eigenvalue weighted by Crippen LogP contribution is 2.33. The normalized spacial score (nSPS) is 27.4. The molecule has 0 aliphatic heterocycles. The fourth-order valence-electron chi connectivity index (χ4n) is 1.30. The third-order valence-corrected chi connectivity index (χ3v) is 1.91. The minimum Gasteiger partial charge on any atom is -0.313 e. The molecule has 0 aromatic heterocycles. The molecule has 0 bridgehead atoms. The zero-order valence-corrected chi connectivity index (χ0v) is 5.35. The van der Waals surface area contributed by atoms with Crippen LogP contribution in [0.5, 0.6) is 0 Å². The maximum atomic E-state index is 5.57. The molecular formula is C6H14N2. The highest BCUT2D eigenvalue weighted by atomic mass is 15.0. The van der Waals surface area contributed by atoms with Gasteiger partial charge in [0.25, 0.3) is 0 Å². The van der Waals surface area contributed by atoms with Crippen LogP contribution in [0.15, 0.2) is 0 Å². The van der Waals surface area contributed by atoms with Crippen molar-refractivity contribution in [2.45, 2.75) is 31.8 Å². The predicted molar refractivity (Wildman–Crippen MR) is 34.1 cm³/mol. The molecule has 8 heavy (non-hydrogen) atoms. The van der Waals surface area contributed by atoms with E-state index in [-0.39, 0.29) is 5.66 Å². The van der Waals surface area contributed by atoms with E-state index in [0.717, 1.165) is 18.8 Å². The smallest absolute Gasteiger partial charge is 0.0642 e. The third kappa shape index (κ3) is 1.01. The van der Waals surface area contributed by atoms with Gasteiger partial charge >= 0.3 is 0 Å². The lowest BCUT2D eigenvalue weighted by molar-refractivity contribution is 0.150. The Balaban J connectivity index is 2.21. The molecule has 48 valence electrons. The minimum atomic E-state index is -0.305. The first-order valence-corrected chi connectivity index (χ1v) is 3.22. The van der Waals surface area contributed by atoms with Crippen molar-refractivity contribution in [1.82, 2.24) is 0 Å². The summed E-state index contributed by atoms with van der Waals surface area (Å²) < 4.78 is 0. The van der Waals surface area contributed by atoms with Crippen LogP contribution in [-0.2, 0) is 0 Å². The second-order valence-electron chi connectivity index (χ2n) is 2.92. The minimum absolute atomic E-state index is 0.305. The zero-order chi connectivity index (χ0) is 6.20. The van der Waals surface area contributed by atoms with Gasteiger partial charge in [-0.25, -0.2) is 0 Å². The molecule has 1 aliphatic rings. The van der Waals surface area contributed by atoms with Gasteiger partial charge in [-0.3, -0.25) is 0 Å². The van der Waals surface area contributed by atoms with Gasteiger partial charge in [0.15, 0.2) is 0 Å². The summed E-state index contributed by atoms with van der Waals surface area (Å²) in [4.78, 5) is 0. The maximum Gasteiger partial charge on any atom is 0.0642 e. The van der Waals surface area contributed by atoms with Crippen LogP contribution in [0.4, 0.5) is 0 Å². The Morgan fingerprint density at radius 2 is 2.00 bits per heavy atom. The van der Waals surface area contributed by atoms with E-state index in [0.29, 0.717) is 0 Å². The lowest BCUT2D eigenvalue weighted by atomic mass is 9.74. The van der Waals surface area contributed by atoms with Crippen molar-refractivity contribution in [1.29, 1.82) is 0 Å². The monoisotopic (exact) mass is 114 g/mol. The third-order valence-electron chi connectivity index (χ3n) is 1.91. The summed E-state index contributed by atoms with van der Waals surface area (Å²) in [5.74, 6) is 0.810. The Kier molecular flexibility index (Phi) is 1.29. The molecule has 1 rings (SSSR count). The van der Waals surface area contributed by atoms with Gasteiger partial charge in [-0.15, -0.1) is 0 Å². The van der Waals surface area contributed by atoms with Gasteiger partial charge < -0.3 is 11.5 Å². The van der Waals surface area contributed by atoms with E-state index in [1.807, 2.05) is 0 Å². The van der Waals surface area contributed by atoms with E-state index in [9.17, 15) is 0 Å². The molecule has 0 saturated heterocycles. The SMILES string of the molecule is CCC1CC(N)(N)C1. The largest absolute Gasteiger partial charge is 0.313 e. The van der Waals surface area contributed by atoms with Crippen LogP contribution in [0.2, 0.25) is 0 Å². The van der Waals surface area contributed by atoms with Crippen LogP contribution in [0.25, 0.3) is 0 Å². The molecule has 1 aliphatic carbocycles. The molecule has 0 heterocycles. The van der Waals surface area contributed by atoms with Crippen molar-refractivity contribution in [3.63, 3.8) is 0 Å². The Morgan fingerprint density at radius 1 is 1.50 bits per heavy atom. The molecule has 2 nitrogen and oxygen atoms in total. The van der Waals surface area contributed by atoms with E-state index in [1.165, 1.54) is 6.42 Å². The van der Waals surface area contributed by atoms with Crippen LogP contribution < -0.4 is 11.5 Å². The Morgan fingerprint density at radius 3 is 2.12 bits per heavy atom. The van der Waals surface area contributed by atoms with E-state index in [2.05, 4.69) is 6.92 Å². The molecule has 0 aromatic carbocycles. The first kappa shape index (κ1) is 6.05. The topological polar surface area (TPSA) is 52.0 Å². The average Bonchev–Trinajstić information content (AvgIpc) is 1.60. The van der Waals surface area contributed by atoms with Gasteiger partial charge in [-0.05, 0) is 18.8 Å². The van der Waals surface area contributed by atoms with Crippen molar-refractivity contribution in [3.8, 4) is 0 Å². The van der Waals surface area contributed by atoms with Crippen LogP contribution in [0.3, 0.4) is 0 Å². The van der Waals surface area contributed by atoms with E-state index >= 15 is 0 Å². The molecule has 0 spiro atoms. The molecule has 0 atom stereocenters. The molecule has 2 heteroatoms.